The molecule has 1 heterocycles. The summed E-state index contributed by atoms with van der Waals surface area (Å²) in [7, 11) is -3.68. The standard InChI is InChI=1S/C21H25O6P/c1-16-8-7-11-18(12-16)24-13-19(22)27-20(17-9-5-4-6-10-17)28(23)25-14-21(2,3)15-26-28/h4-12,20H,13-15H2,1-3H3. The topological polar surface area (TPSA) is 71.1 Å². The Morgan fingerprint density at radius 3 is 2.43 bits per heavy atom. The van der Waals surface area contributed by atoms with Crippen LogP contribution in [0.25, 0.3) is 0 Å². The minimum absolute atomic E-state index is 0.255. The van der Waals surface area contributed by atoms with E-state index >= 15 is 0 Å². The first kappa shape index (κ1) is 20.6. The summed E-state index contributed by atoms with van der Waals surface area (Å²) in [5.41, 5.74) is 1.31. The van der Waals surface area contributed by atoms with Gasteiger partial charge in [0, 0.05) is 11.0 Å². The SMILES string of the molecule is Cc1cccc(OCC(=O)OC(c2ccccc2)P2(=O)OCC(C)(C)CO2)c1. The number of carbonyl (C=O) groups excluding carboxylic acids is 1. The molecular formula is C21H25O6P. The molecule has 0 saturated carbocycles. The summed E-state index contributed by atoms with van der Waals surface area (Å²) in [4.78, 5) is 12.4. The molecule has 1 aliphatic heterocycles. The van der Waals surface area contributed by atoms with Gasteiger partial charge in [-0.3, -0.25) is 4.57 Å². The number of benzene rings is 2. The first-order chi connectivity index (χ1) is 13.3. The van der Waals surface area contributed by atoms with Crippen LogP contribution in [0.3, 0.4) is 0 Å². The lowest BCUT2D eigenvalue weighted by Gasteiger charge is -2.36. The third kappa shape index (κ3) is 5.22. The van der Waals surface area contributed by atoms with Crippen molar-refractivity contribution in [2.75, 3.05) is 19.8 Å². The number of rotatable bonds is 6. The van der Waals surface area contributed by atoms with Crippen LogP contribution < -0.4 is 4.74 Å². The number of carbonyl (C=O) groups is 1. The Bertz CT molecular complexity index is 850. The van der Waals surface area contributed by atoms with E-state index in [1.807, 2.05) is 45.0 Å². The third-order valence-corrected chi connectivity index (χ3v) is 6.19. The summed E-state index contributed by atoms with van der Waals surface area (Å²) in [5.74, 6) is -1.23. The second kappa shape index (κ2) is 8.48. The highest BCUT2D eigenvalue weighted by molar-refractivity contribution is 7.54. The molecule has 7 heteroatoms. The molecule has 150 valence electrons. The van der Waals surface area contributed by atoms with Gasteiger partial charge < -0.3 is 18.5 Å². The number of ether oxygens (including phenoxy) is 2. The lowest BCUT2D eigenvalue weighted by Crippen LogP contribution is -2.31. The Labute approximate surface area is 165 Å². The van der Waals surface area contributed by atoms with E-state index in [-0.39, 0.29) is 25.2 Å². The Balaban J connectivity index is 1.73. The molecule has 1 saturated heterocycles. The average Bonchev–Trinajstić information content (AvgIpc) is 2.68. The van der Waals surface area contributed by atoms with Crippen LogP contribution >= 0.6 is 7.60 Å². The molecule has 0 bridgehead atoms. The van der Waals surface area contributed by atoms with Crippen molar-refractivity contribution in [2.45, 2.75) is 26.6 Å². The van der Waals surface area contributed by atoms with Gasteiger partial charge in [-0.25, -0.2) is 4.79 Å². The van der Waals surface area contributed by atoms with Crippen molar-refractivity contribution >= 4 is 13.6 Å². The summed E-state index contributed by atoms with van der Waals surface area (Å²) < 4.78 is 35.5. The molecule has 1 aliphatic rings. The second-order valence-electron chi connectivity index (χ2n) is 7.61. The monoisotopic (exact) mass is 404 g/mol. The van der Waals surface area contributed by atoms with Crippen molar-refractivity contribution in [2.24, 2.45) is 5.41 Å². The maximum Gasteiger partial charge on any atom is 0.375 e. The molecule has 1 atom stereocenters. The summed E-state index contributed by atoms with van der Waals surface area (Å²) in [5, 5.41) is 0. The van der Waals surface area contributed by atoms with Gasteiger partial charge in [-0.2, -0.15) is 0 Å². The van der Waals surface area contributed by atoms with Gasteiger partial charge in [-0.1, -0.05) is 56.3 Å². The van der Waals surface area contributed by atoms with Gasteiger partial charge >= 0.3 is 13.6 Å². The number of aryl methyl sites for hydroxylation is 1. The number of hydrogen-bond acceptors (Lipinski definition) is 6. The smallest absolute Gasteiger partial charge is 0.375 e. The first-order valence-corrected chi connectivity index (χ1v) is 10.7. The molecule has 0 spiro atoms. The fourth-order valence-corrected chi connectivity index (χ4v) is 4.87. The van der Waals surface area contributed by atoms with Gasteiger partial charge in [0.25, 0.3) is 0 Å². The zero-order valence-corrected chi connectivity index (χ0v) is 17.2. The largest absolute Gasteiger partial charge is 0.482 e. The number of esters is 1. The average molecular weight is 404 g/mol. The minimum Gasteiger partial charge on any atom is -0.482 e. The van der Waals surface area contributed by atoms with E-state index in [2.05, 4.69) is 0 Å². The predicted octanol–water partition coefficient (Wildman–Crippen LogP) is 4.88. The maximum absolute atomic E-state index is 13.3. The predicted molar refractivity (Wildman–Crippen MR) is 105 cm³/mol. The van der Waals surface area contributed by atoms with Gasteiger partial charge in [0.05, 0.1) is 13.2 Å². The number of hydrogen-bond donors (Lipinski definition) is 0. The quantitative estimate of drug-likeness (QED) is 0.505. The van der Waals surface area contributed by atoms with Gasteiger partial charge in [-0.15, -0.1) is 0 Å². The first-order valence-electron chi connectivity index (χ1n) is 9.10. The molecule has 0 amide bonds. The van der Waals surface area contributed by atoms with Crippen LogP contribution in [0.4, 0.5) is 0 Å². The van der Waals surface area contributed by atoms with Crippen molar-refractivity contribution in [3.63, 3.8) is 0 Å². The Kier molecular flexibility index (Phi) is 6.23. The molecule has 1 fully saturated rings. The zero-order chi connectivity index (χ0) is 20.2. The summed E-state index contributed by atoms with van der Waals surface area (Å²) in [6.45, 7) is 6.04. The summed E-state index contributed by atoms with van der Waals surface area (Å²) in [6, 6.07) is 16.2. The molecule has 2 aromatic carbocycles. The summed E-state index contributed by atoms with van der Waals surface area (Å²) >= 11 is 0. The Morgan fingerprint density at radius 1 is 1.11 bits per heavy atom. The minimum atomic E-state index is -3.68. The van der Waals surface area contributed by atoms with Crippen molar-refractivity contribution in [1.82, 2.24) is 0 Å². The van der Waals surface area contributed by atoms with Crippen molar-refractivity contribution in [3.05, 3.63) is 65.7 Å². The van der Waals surface area contributed by atoms with Crippen LogP contribution in [-0.4, -0.2) is 25.8 Å². The molecule has 0 aliphatic carbocycles. The molecule has 0 aromatic heterocycles. The summed E-state index contributed by atoms with van der Waals surface area (Å²) in [6.07, 6.45) is 0. The van der Waals surface area contributed by atoms with E-state index in [1.54, 1.807) is 30.3 Å². The van der Waals surface area contributed by atoms with Gasteiger partial charge in [0.1, 0.15) is 5.75 Å². The third-order valence-electron chi connectivity index (χ3n) is 4.23. The van der Waals surface area contributed by atoms with Crippen molar-refractivity contribution < 1.29 is 27.9 Å². The van der Waals surface area contributed by atoms with E-state index in [0.717, 1.165) is 5.56 Å². The van der Waals surface area contributed by atoms with Gasteiger partial charge in [0.15, 0.2) is 6.61 Å². The highest BCUT2D eigenvalue weighted by Crippen LogP contribution is 2.64. The highest BCUT2D eigenvalue weighted by Gasteiger charge is 2.46. The van der Waals surface area contributed by atoms with Crippen molar-refractivity contribution in [3.8, 4) is 5.75 Å². The van der Waals surface area contributed by atoms with E-state index in [1.165, 1.54) is 0 Å². The van der Waals surface area contributed by atoms with Crippen LogP contribution in [-0.2, 0) is 23.1 Å². The molecule has 0 N–H and O–H groups in total. The molecule has 6 nitrogen and oxygen atoms in total. The molecule has 28 heavy (non-hydrogen) atoms. The molecule has 3 rings (SSSR count). The van der Waals surface area contributed by atoms with Crippen LogP contribution in [0.5, 0.6) is 5.75 Å². The van der Waals surface area contributed by atoms with Gasteiger partial charge in [0.2, 0.25) is 5.85 Å². The van der Waals surface area contributed by atoms with E-state index in [4.69, 9.17) is 18.5 Å². The van der Waals surface area contributed by atoms with Crippen LogP contribution in [0, 0.1) is 12.3 Å². The van der Waals surface area contributed by atoms with Crippen molar-refractivity contribution in [1.29, 1.82) is 0 Å². The maximum atomic E-state index is 13.3. The van der Waals surface area contributed by atoms with E-state index in [9.17, 15) is 9.36 Å². The Morgan fingerprint density at radius 2 is 1.79 bits per heavy atom. The second-order valence-corrected chi connectivity index (χ2v) is 9.67. The lowest BCUT2D eigenvalue weighted by atomic mass is 9.97. The van der Waals surface area contributed by atoms with E-state index < -0.39 is 19.4 Å². The van der Waals surface area contributed by atoms with E-state index in [0.29, 0.717) is 11.3 Å². The molecule has 0 radical (unpaired) electrons. The molecule has 2 aromatic rings. The normalized spacial score (nSPS) is 18.8. The zero-order valence-electron chi connectivity index (χ0n) is 16.3. The fraction of sp³-hybridized carbons (Fsp3) is 0.381. The fourth-order valence-electron chi connectivity index (χ4n) is 2.68. The molecular weight excluding hydrogens is 379 g/mol. The van der Waals surface area contributed by atoms with Gasteiger partial charge in [-0.05, 0) is 24.6 Å². The van der Waals surface area contributed by atoms with Crippen LogP contribution in [0.1, 0.15) is 30.8 Å². The highest BCUT2D eigenvalue weighted by atomic mass is 31.2. The van der Waals surface area contributed by atoms with Crippen LogP contribution in [0.15, 0.2) is 54.6 Å². The molecule has 1 unspecified atom stereocenters. The lowest BCUT2D eigenvalue weighted by molar-refractivity contribution is -0.149. The Hall–Kier alpha value is -2.14. The van der Waals surface area contributed by atoms with Crippen LogP contribution in [0.2, 0.25) is 0 Å².